The molecule has 0 aromatic heterocycles. The van der Waals surface area contributed by atoms with E-state index in [4.69, 9.17) is 10.5 Å². The molecule has 6 heteroatoms. The van der Waals surface area contributed by atoms with Crippen molar-refractivity contribution in [2.45, 2.75) is 45.2 Å². The molecule has 2 rings (SSSR count). The van der Waals surface area contributed by atoms with Crippen LogP contribution in [0.3, 0.4) is 0 Å². The molecule has 1 saturated heterocycles. The highest BCUT2D eigenvalue weighted by atomic mass is 35.5. The summed E-state index contributed by atoms with van der Waals surface area (Å²) in [4.78, 5) is 14.1. The molecule has 1 heterocycles. The van der Waals surface area contributed by atoms with Gasteiger partial charge in [-0.1, -0.05) is 18.6 Å². The van der Waals surface area contributed by atoms with Crippen LogP contribution in [0.4, 0.5) is 0 Å². The summed E-state index contributed by atoms with van der Waals surface area (Å²) in [5, 5.41) is 3.02. The van der Waals surface area contributed by atoms with Gasteiger partial charge in [-0.3, -0.25) is 9.69 Å². The van der Waals surface area contributed by atoms with Crippen molar-refractivity contribution in [3.63, 3.8) is 0 Å². The molecule has 1 aromatic rings. The number of nitrogens with zero attached hydrogens (tertiary/aromatic N) is 1. The lowest BCUT2D eigenvalue weighted by molar-refractivity contribution is -0.121. The van der Waals surface area contributed by atoms with Crippen molar-refractivity contribution in [2.24, 2.45) is 5.73 Å². The van der Waals surface area contributed by atoms with Gasteiger partial charge in [-0.25, -0.2) is 0 Å². The maximum Gasteiger partial charge on any atom is 0.221 e. The third-order valence-corrected chi connectivity index (χ3v) is 4.50. The van der Waals surface area contributed by atoms with Crippen LogP contribution in [0.1, 0.15) is 36.8 Å². The molecule has 24 heavy (non-hydrogen) atoms. The van der Waals surface area contributed by atoms with E-state index in [1.807, 2.05) is 6.07 Å². The summed E-state index contributed by atoms with van der Waals surface area (Å²) in [7, 11) is 1.70. The lowest BCUT2D eigenvalue weighted by Crippen LogP contribution is -2.46. The summed E-state index contributed by atoms with van der Waals surface area (Å²) < 4.78 is 5.33. The number of rotatable bonds is 7. The van der Waals surface area contributed by atoms with Gasteiger partial charge in [0.2, 0.25) is 5.91 Å². The molecule has 0 spiro atoms. The van der Waals surface area contributed by atoms with E-state index in [1.54, 1.807) is 7.11 Å². The summed E-state index contributed by atoms with van der Waals surface area (Å²) in [5.41, 5.74) is 7.88. The predicted molar refractivity (Wildman–Crippen MR) is 99.7 cm³/mol. The lowest BCUT2D eigenvalue weighted by Gasteiger charge is -2.36. The molecule has 1 aliphatic heterocycles. The topological polar surface area (TPSA) is 67.6 Å². The maximum absolute atomic E-state index is 11.6. The number of methoxy groups -OCH3 is 1. The molecular weight excluding hydrogens is 326 g/mol. The first-order valence-corrected chi connectivity index (χ1v) is 8.48. The first kappa shape index (κ1) is 20.7. The molecule has 1 amide bonds. The van der Waals surface area contributed by atoms with E-state index in [0.29, 0.717) is 25.6 Å². The minimum absolute atomic E-state index is 0. The monoisotopic (exact) mass is 355 g/mol. The van der Waals surface area contributed by atoms with Gasteiger partial charge in [0.15, 0.2) is 0 Å². The predicted octanol–water partition coefficient (Wildman–Crippen LogP) is 2.24. The summed E-state index contributed by atoms with van der Waals surface area (Å²) in [6.45, 7) is 5.20. The van der Waals surface area contributed by atoms with Crippen molar-refractivity contribution < 1.29 is 9.53 Å². The fourth-order valence-electron chi connectivity index (χ4n) is 3.22. The smallest absolute Gasteiger partial charge is 0.221 e. The van der Waals surface area contributed by atoms with Crippen molar-refractivity contribution in [2.75, 3.05) is 26.7 Å². The van der Waals surface area contributed by atoms with Gasteiger partial charge < -0.3 is 15.8 Å². The second-order valence-corrected chi connectivity index (χ2v) is 6.27. The van der Waals surface area contributed by atoms with Crippen molar-refractivity contribution in [3.05, 3.63) is 29.3 Å². The highest BCUT2D eigenvalue weighted by molar-refractivity contribution is 5.85. The number of ether oxygens (including phenoxy) is 1. The number of hydrogen-bond donors (Lipinski definition) is 2. The molecule has 0 radical (unpaired) electrons. The van der Waals surface area contributed by atoms with Gasteiger partial charge in [0, 0.05) is 32.1 Å². The Balaban J connectivity index is 0.00000288. The van der Waals surface area contributed by atoms with Gasteiger partial charge in [-0.05, 0) is 43.5 Å². The number of nitrogens with two attached hydrogens (primary N) is 1. The zero-order valence-electron chi connectivity index (χ0n) is 14.7. The average molecular weight is 356 g/mol. The number of amides is 1. The molecule has 1 atom stereocenters. The largest absolute Gasteiger partial charge is 0.496 e. The molecule has 1 fully saturated rings. The number of carbonyl (C=O) groups excluding carboxylic acids is 1. The number of benzene rings is 1. The first-order chi connectivity index (χ1) is 11.1. The van der Waals surface area contributed by atoms with E-state index < -0.39 is 0 Å². The fourth-order valence-corrected chi connectivity index (χ4v) is 3.22. The second kappa shape index (κ2) is 10.5. The van der Waals surface area contributed by atoms with Crippen LogP contribution in [0.5, 0.6) is 5.75 Å². The minimum atomic E-state index is 0. The number of hydrogen-bond acceptors (Lipinski definition) is 4. The number of halogens is 1. The summed E-state index contributed by atoms with van der Waals surface area (Å²) in [5.74, 6) is 0.983. The van der Waals surface area contributed by atoms with Gasteiger partial charge in [0.1, 0.15) is 5.75 Å². The Morgan fingerprint density at radius 3 is 2.88 bits per heavy atom. The van der Waals surface area contributed by atoms with Gasteiger partial charge in [0.25, 0.3) is 0 Å². The molecule has 0 bridgehead atoms. The van der Waals surface area contributed by atoms with E-state index in [1.165, 1.54) is 18.4 Å². The first-order valence-electron chi connectivity index (χ1n) is 8.48. The van der Waals surface area contributed by atoms with Crippen molar-refractivity contribution in [3.8, 4) is 5.75 Å². The second-order valence-electron chi connectivity index (χ2n) is 6.27. The summed E-state index contributed by atoms with van der Waals surface area (Å²) >= 11 is 0. The van der Waals surface area contributed by atoms with Crippen LogP contribution in [0.2, 0.25) is 0 Å². The van der Waals surface area contributed by atoms with Crippen LogP contribution < -0.4 is 15.8 Å². The van der Waals surface area contributed by atoms with Gasteiger partial charge in [0.05, 0.1) is 7.11 Å². The summed E-state index contributed by atoms with van der Waals surface area (Å²) in [6, 6.07) is 6.77. The van der Waals surface area contributed by atoms with Crippen LogP contribution >= 0.6 is 12.4 Å². The van der Waals surface area contributed by atoms with E-state index in [2.05, 4.69) is 29.3 Å². The molecular formula is C18H30ClN3O2. The Bertz CT molecular complexity index is 525. The Kier molecular flexibility index (Phi) is 9.11. The molecule has 0 saturated carbocycles. The molecule has 5 nitrogen and oxygen atoms in total. The molecule has 136 valence electrons. The number of carbonyl (C=O) groups is 1. The van der Waals surface area contributed by atoms with Crippen LogP contribution in [0.15, 0.2) is 18.2 Å². The standard InChI is InChI=1S/C18H29N3O2.ClH/c1-14-11-15(6-7-17(14)23-2)13-21-10-4-3-5-16(21)12-20-18(22)8-9-19;/h6-7,11,16H,3-5,8-10,12-13,19H2,1-2H3,(H,20,22);1H. The van der Waals surface area contributed by atoms with Crippen molar-refractivity contribution >= 4 is 18.3 Å². The van der Waals surface area contributed by atoms with Crippen molar-refractivity contribution in [1.29, 1.82) is 0 Å². The Labute approximate surface area is 151 Å². The SMILES string of the molecule is COc1ccc(CN2CCCCC2CNC(=O)CCN)cc1C.Cl. The number of nitrogens with one attached hydrogen (secondary N) is 1. The van der Waals surface area contributed by atoms with E-state index in [9.17, 15) is 4.79 Å². The third kappa shape index (κ3) is 5.96. The minimum Gasteiger partial charge on any atom is -0.496 e. The average Bonchev–Trinajstić information content (AvgIpc) is 2.54. The van der Waals surface area contributed by atoms with Gasteiger partial charge in [-0.2, -0.15) is 0 Å². The van der Waals surface area contributed by atoms with Crippen LogP contribution in [0, 0.1) is 6.92 Å². The van der Waals surface area contributed by atoms with Crippen LogP contribution in [-0.4, -0.2) is 43.6 Å². The third-order valence-electron chi connectivity index (χ3n) is 4.50. The van der Waals surface area contributed by atoms with E-state index in [-0.39, 0.29) is 18.3 Å². The maximum atomic E-state index is 11.6. The zero-order valence-corrected chi connectivity index (χ0v) is 15.5. The van der Waals surface area contributed by atoms with E-state index >= 15 is 0 Å². The van der Waals surface area contributed by atoms with Crippen molar-refractivity contribution in [1.82, 2.24) is 10.2 Å². The molecule has 3 N–H and O–H groups in total. The Hall–Kier alpha value is -1.30. The Morgan fingerprint density at radius 2 is 2.21 bits per heavy atom. The van der Waals surface area contributed by atoms with E-state index in [0.717, 1.165) is 30.8 Å². The lowest BCUT2D eigenvalue weighted by atomic mass is 10.0. The fraction of sp³-hybridized carbons (Fsp3) is 0.611. The normalized spacial score (nSPS) is 17.9. The highest BCUT2D eigenvalue weighted by Gasteiger charge is 2.23. The number of piperidine rings is 1. The van der Waals surface area contributed by atoms with Gasteiger partial charge in [-0.15, -0.1) is 12.4 Å². The quantitative estimate of drug-likeness (QED) is 0.787. The number of likely N-dealkylation sites (tertiary alicyclic amines) is 1. The van der Waals surface area contributed by atoms with Gasteiger partial charge >= 0.3 is 0 Å². The molecule has 0 aliphatic carbocycles. The summed E-state index contributed by atoms with van der Waals surface area (Å²) in [6.07, 6.45) is 4.00. The number of aryl methyl sites for hydroxylation is 1. The zero-order chi connectivity index (χ0) is 16.7. The Morgan fingerprint density at radius 1 is 1.42 bits per heavy atom. The van der Waals surface area contributed by atoms with Crippen LogP contribution in [-0.2, 0) is 11.3 Å². The molecule has 1 aromatic carbocycles. The van der Waals surface area contributed by atoms with Crippen LogP contribution in [0.25, 0.3) is 0 Å². The highest BCUT2D eigenvalue weighted by Crippen LogP contribution is 2.23. The molecule has 1 unspecified atom stereocenters. The molecule has 1 aliphatic rings.